The van der Waals surface area contributed by atoms with Crippen LogP contribution in [0, 0.1) is 6.92 Å². The van der Waals surface area contributed by atoms with Crippen LogP contribution in [-0.2, 0) is 0 Å². The Kier molecular flexibility index (Phi) is 3.40. The van der Waals surface area contributed by atoms with Crippen molar-refractivity contribution in [3.05, 3.63) is 53.7 Å². The first-order chi connectivity index (χ1) is 8.16. The highest BCUT2D eigenvalue weighted by molar-refractivity contribution is 5.35. The van der Waals surface area contributed by atoms with Crippen molar-refractivity contribution < 1.29 is 9.84 Å². The van der Waals surface area contributed by atoms with Gasteiger partial charge in [0.1, 0.15) is 5.75 Å². The Morgan fingerprint density at radius 2 is 2.06 bits per heavy atom. The molecule has 0 aliphatic carbocycles. The van der Waals surface area contributed by atoms with E-state index < -0.39 is 6.10 Å². The summed E-state index contributed by atoms with van der Waals surface area (Å²) >= 11 is 0. The van der Waals surface area contributed by atoms with E-state index in [9.17, 15) is 5.11 Å². The normalized spacial score (nSPS) is 12.2. The molecule has 0 spiro atoms. The fourth-order valence-electron chi connectivity index (χ4n) is 1.60. The van der Waals surface area contributed by atoms with E-state index >= 15 is 0 Å². The Morgan fingerprint density at radius 1 is 1.24 bits per heavy atom. The molecule has 0 unspecified atom stereocenters. The standard InChI is InChI=1S/C14H15NO2/c1-10-5-3-6-12(9-10)17-14-13(11(2)16)7-4-8-15-14/h3-9,11,16H,1-2H3/t11-/m1/s1. The number of pyridine rings is 1. The molecule has 0 fully saturated rings. The number of nitrogens with zero attached hydrogens (tertiary/aromatic N) is 1. The van der Waals surface area contributed by atoms with Crippen LogP contribution in [0.1, 0.15) is 24.2 Å². The summed E-state index contributed by atoms with van der Waals surface area (Å²) in [4.78, 5) is 4.14. The molecule has 0 aliphatic heterocycles. The molecule has 3 nitrogen and oxygen atoms in total. The van der Waals surface area contributed by atoms with E-state index in [1.807, 2.05) is 37.3 Å². The molecule has 1 aromatic heterocycles. The second-order valence-electron chi connectivity index (χ2n) is 3.99. The zero-order valence-electron chi connectivity index (χ0n) is 9.92. The van der Waals surface area contributed by atoms with Crippen LogP contribution >= 0.6 is 0 Å². The van der Waals surface area contributed by atoms with Gasteiger partial charge in [0.15, 0.2) is 0 Å². The molecule has 1 heterocycles. The zero-order valence-corrected chi connectivity index (χ0v) is 9.92. The fourth-order valence-corrected chi connectivity index (χ4v) is 1.60. The van der Waals surface area contributed by atoms with Crippen LogP contribution in [0.5, 0.6) is 11.6 Å². The molecule has 0 amide bonds. The number of aromatic nitrogens is 1. The highest BCUT2D eigenvalue weighted by Gasteiger charge is 2.10. The molecule has 2 rings (SSSR count). The first-order valence-electron chi connectivity index (χ1n) is 5.54. The van der Waals surface area contributed by atoms with Gasteiger partial charge in [-0.25, -0.2) is 4.98 Å². The maximum Gasteiger partial charge on any atom is 0.225 e. The molecule has 1 aromatic carbocycles. The molecule has 1 N–H and O–H groups in total. The lowest BCUT2D eigenvalue weighted by Gasteiger charge is -2.11. The Hall–Kier alpha value is -1.87. The second kappa shape index (κ2) is 4.97. The number of aliphatic hydroxyl groups excluding tert-OH is 1. The van der Waals surface area contributed by atoms with Crippen molar-refractivity contribution in [3.63, 3.8) is 0 Å². The van der Waals surface area contributed by atoms with Crippen LogP contribution in [0.2, 0.25) is 0 Å². The summed E-state index contributed by atoms with van der Waals surface area (Å²) in [7, 11) is 0. The van der Waals surface area contributed by atoms with E-state index in [4.69, 9.17) is 4.74 Å². The molecule has 1 atom stereocenters. The van der Waals surface area contributed by atoms with Crippen molar-refractivity contribution in [2.45, 2.75) is 20.0 Å². The first kappa shape index (κ1) is 11.6. The number of aliphatic hydroxyl groups is 1. The van der Waals surface area contributed by atoms with Gasteiger partial charge in [-0.3, -0.25) is 0 Å². The highest BCUT2D eigenvalue weighted by Crippen LogP contribution is 2.27. The van der Waals surface area contributed by atoms with E-state index in [1.165, 1.54) is 0 Å². The third-order valence-corrected chi connectivity index (χ3v) is 2.45. The first-order valence-corrected chi connectivity index (χ1v) is 5.54. The summed E-state index contributed by atoms with van der Waals surface area (Å²) in [5.74, 6) is 1.18. The Morgan fingerprint density at radius 3 is 2.76 bits per heavy atom. The van der Waals surface area contributed by atoms with E-state index in [0.717, 1.165) is 11.3 Å². The minimum atomic E-state index is -0.594. The predicted octanol–water partition coefficient (Wildman–Crippen LogP) is 3.24. The summed E-state index contributed by atoms with van der Waals surface area (Å²) < 4.78 is 5.68. The number of ether oxygens (including phenoxy) is 1. The number of hydrogen-bond acceptors (Lipinski definition) is 3. The largest absolute Gasteiger partial charge is 0.439 e. The van der Waals surface area contributed by atoms with Crippen LogP contribution in [0.3, 0.4) is 0 Å². The minimum Gasteiger partial charge on any atom is -0.439 e. The molecule has 17 heavy (non-hydrogen) atoms. The quantitative estimate of drug-likeness (QED) is 0.878. The second-order valence-corrected chi connectivity index (χ2v) is 3.99. The maximum atomic E-state index is 9.62. The topological polar surface area (TPSA) is 42.4 Å². The lowest BCUT2D eigenvalue weighted by atomic mass is 10.2. The van der Waals surface area contributed by atoms with Crippen molar-refractivity contribution in [3.8, 4) is 11.6 Å². The Labute approximate surface area is 101 Å². The van der Waals surface area contributed by atoms with Gasteiger partial charge in [-0.2, -0.15) is 0 Å². The lowest BCUT2D eigenvalue weighted by molar-refractivity contribution is 0.194. The van der Waals surface area contributed by atoms with Crippen LogP contribution in [0.25, 0.3) is 0 Å². The molecular formula is C14H15NO2. The molecule has 0 saturated carbocycles. The molecule has 0 saturated heterocycles. The molecule has 88 valence electrons. The summed E-state index contributed by atoms with van der Waals surface area (Å²) in [5.41, 5.74) is 1.81. The molecule has 3 heteroatoms. The third kappa shape index (κ3) is 2.82. The maximum absolute atomic E-state index is 9.62. The van der Waals surface area contributed by atoms with E-state index in [1.54, 1.807) is 19.2 Å². The summed E-state index contributed by atoms with van der Waals surface area (Å²) in [5, 5.41) is 9.62. The molecule has 0 bridgehead atoms. The number of aryl methyl sites for hydroxylation is 1. The van der Waals surface area contributed by atoms with Crippen LogP contribution in [-0.4, -0.2) is 10.1 Å². The molecule has 2 aromatic rings. The van der Waals surface area contributed by atoms with Gasteiger partial charge < -0.3 is 9.84 Å². The van der Waals surface area contributed by atoms with Gasteiger partial charge >= 0.3 is 0 Å². The molecule has 0 aliphatic rings. The monoisotopic (exact) mass is 229 g/mol. The van der Waals surface area contributed by atoms with Crippen LogP contribution in [0.15, 0.2) is 42.6 Å². The summed E-state index contributed by atoms with van der Waals surface area (Å²) in [6.45, 7) is 3.70. The van der Waals surface area contributed by atoms with Gasteiger partial charge in [0.25, 0.3) is 0 Å². The van der Waals surface area contributed by atoms with Gasteiger partial charge in [-0.15, -0.1) is 0 Å². The van der Waals surface area contributed by atoms with Gasteiger partial charge in [-0.05, 0) is 43.7 Å². The minimum absolute atomic E-state index is 0.452. The number of hydrogen-bond donors (Lipinski definition) is 1. The van der Waals surface area contributed by atoms with Gasteiger partial charge in [0.2, 0.25) is 5.88 Å². The van der Waals surface area contributed by atoms with Gasteiger partial charge in [-0.1, -0.05) is 12.1 Å². The highest BCUT2D eigenvalue weighted by atomic mass is 16.5. The van der Waals surface area contributed by atoms with Gasteiger partial charge in [0, 0.05) is 11.8 Å². The lowest BCUT2D eigenvalue weighted by Crippen LogP contribution is -1.98. The SMILES string of the molecule is Cc1cccc(Oc2ncccc2[C@@H](C)O)c1. The van der Waals surface area contributed by atoms with E-state index in [0.29, 0.717) is 11.4 Å². The van der Waals surface area contributed by atoms with Crippen molar-refractivity contribution in [2.75, 3.05) is 0 Å². The average Bonchev–Trinajstić information content (AvgIpc) is 2.29. The predicted molar refractivity (Wildman–Crippen MR) is 66.1 cm³/mol. The van der Waals surface area contributed by atoms with Crippen molar-refractivity contribution in [1.29, 1.82) is 0 Å². The van der Waals surface area contributed by atoms with Crippen molar-refractivity contribution >= 4 is 0 Å². The summed E-state index contributed by atoms with van der Waals surface area (Å²) in [6.07, 6.45) is 1.06. The Bertz CT molecular complexity index is 509. The van der Waals surface area contributed by atoms with Crippen molar-refractivity contribution in [2.24, 2.45) is 0 Å². The number of rotatable bonds is 3. The van der Waals surface area contributed by atoms with E-state index in [2.05, 4.69) is 4.98 Å². The van der Waals surface area contributed by atoms with E-state index in [-0.39, 0.29) is 0 Å². The third-order valence-electron chi connectivity index (χ3n) is 2.45. The Balaban J connectivity index is 2.30. The van der Waals surface area contributed by atoms with Crippen LogP contribution < -0.4 is 4.74 Å². The fraction of sp³-hybridized carbons (Fsp3) is 0.214. The van der Waals surface area contributed by atoms with Gasteiger partial charge in [0.05, 0.1) is 6.10 Å². The number of benzene rings is 1. The summed E-state index contributed by atoms with van der Waals surface area (Å²) in [6, 6.07) is 11.3. The smallest absolute Gasteiger partial charge is 0.225 e. The molecule has 0 radical (unpaired) electrons. The van der Waals surface area contributed by atoms with Crippen molar-refractivity contribution in [1.82, 2.24) is 4.98 Å². The van der Waals surface area contributed by atoms with Crippen LogP contribution in [0.4, 0.5) is 0 Å². The average molecular weight is 229 g/mol. The molecular weight excluding hydrogens is 214 g/mol. The zero-order chi connectivity index (χ0) is 12.3.